The van der Waals surface area contributed by atoms with Gasteiger partial charge in [-0.25, -0.2) is 0 Å². The number of piperidine rings is 1. The fourth-order valence-electron chi connectivity index (χ4n) is 4.57. The van der Waals surface area contributed by atoms with Gasteiger partial charge in [-0.1, -0.05) is 56.0 Å². The van der Waals surface area contributed by atoms with Gasteiger partial charge in [-0.15, -0.1) is 0 Å². The predicted molar refractivity (Wildman–Crippen MR) is 113 cm³/mol. The van der Waals surface area contributed by atoms with E-state index in [9.17, 15) is 9.59 Å². The summed E-state index contributed by atoms with van der Waals surface area (Å²) in [7, 11) is 0. The number of carbonyl (C=O) groups is 2. The summed E-state index contributed by atoms with van der Waals surface area (Å²) in [5.74, 6) is 0.502. The maximum atomic E-state index is 13.1. The fourth-order valence-corrected chi connectivity index (χ4v) is 4.57. The number of benzene rings is 1. The van der Waals surface area contributed by atoms with Gasteiger partial charge in [0.2, 0.25) is 11.8 Å². The molecule has 1 aliphatic carbocycles. The largest absolute Gasteiger partial charge is 0.352 e. The molecule has 0 spiro atoms. The van der Waals surface area contributed by atoms with Gasteiger partial charge in [-0.2, -0.15) is 0 Å². The van der Waals surface area contributed by atoms with Crippen LogP contribution in [0.3, 0.4) is 0 Å². The van der Waals surface area contributed by atoms with Gasteiger partial charge in [0.1, 0.15) is 5.41 Å². The van der Waals surface area contributed by atoms with E-state index in [-0.39, 0.29) is 17.9 Å². The Labute approximate surface area is 170 Å². The van der Waals surface area contributed by atoms with E-state index < -0.39 is 5.41 Å². The van der Waals surface area contributed by atoms with E-state index in [4.69, 9.17) is 0 Å². The van der Waals surface area contributed by atoms with E-state index in [0.717, 1.165) is 45.2 Å². The molecule has 1 heterocycles. The van der Waals surface area contributed by atoms with Gasteiger partial charge in [-0.3, -0.25) is 9.59 Å². The molecule has 1 aliphatic heterocycles. The molecule has 1 saturated heterocycles. The molecule has 0 radical (unpaired) electrons. The number of amides is 2. The molecule has 28 heavy (non-hydrogen) atoms. The standard InChI is InChI=1S/C24H36N2O2/c1-24(2,22(27)25-21-12-8-3-4-9-13-21)23(28)26-16-14-20(15-17-26)18-19-10-6-5-7-11-19/h5-7,10-11,20-21H,3-4,8-9,12-18H2,1-2H3,(H,25,27). The first kappa shape index (κ1) is 20.9. The van der Waals surface area contributed by atoms with Crippen molar-refractivity contribution in [3.8, 4) is 0 Å². The topological polar surface area (TPSA) is 49.4 Å². The summed E-state index contributed by atoms with van der Waals surface area (Å²) >= 11 is 0. The number of hydrogen-bond donors (Lipinski definition) is 1. The van der Waals surface area contributed by atoms with Crippen molar-refractivity contribution in [3.05, 3.63) is 35.9 Å². The first-order valence-corrected chi connectivity index (χ1v) is 11.1. The molecule has 2 aliphatic rings. The maximum absolute atomic E-state index is 13.1. The van der Waals surface area contributed by atoms with E-state index in [1.807, 2.05) is 11.0 Å². The minimum Gasteiger partial charge on any atom is -0.352 e. The zero-order valence-electron chi connectivity index (χ0n) is 17.6. The lowest BCUT2D eigenvalue weighted by atomic mass is 9.86. The van der Waals surface area contributed by atoms with Crippen molar-refractivity contribution in [2.45, 2.75) is 77.7 Å². The Kier molecular flexibility index (Phi) is 7.14. The zero-order valence-corrected chi connectivity index (χ0v) is 17.6. The van der Waals surface area contributed by atoms with E-state index in [1.165, 1.54) is 31.2 Å². The number of hydrogen-bond acceptors (Lipinski definition) is 2. The van der Waals surface area contributed by atoms with Crippen molar-refractivity contribution in [2.24, 2.45) is 11.3 Å². The van der Waals surface area contributed by atoms with Crippen molar-refractivity contribution in [1.82, 2.24) is 10.2 Å². The number of carbonyl (C=O) groups excluding carboxylic acids is 2. The average molecular weight is 385 g/mol. The van der Waals surface area contributed by atoms with Gasteiger partial charge in [-0.05, 0) is 57.4 Å². The van der Waals surface area contributed by atoms with Crippen LogP contribution < -0.4 is 5.32 Å². The van der Waals surface area contributed by atoms with Crippen LogP contribution in [0.1, 0.15) is 70.8 Å². The van der Waals surface area contributed by atoms with Crippen LogP contribution >= 0.6 is 0 Å². The Morgan fingerprint density at radius 3 is 2.18 bits per heavy atom. The molecule has 0 unspecified atom stereocenters. The summed E-state index contributed by atoms with van der Waals surface area (Å²) in [6.07, 6.45) is 10.1. The second-order valence-corrected chi connectivity index (χ2v) is 9.21. The fraction of sp³-hybridized carbons (Fsp3) is 0.667. The molecule has 3 rings (SSSR count). The molecule has 1 aromatic carbocycles. The number of nitrogens with zero attached hydrogens (tertiary/aromatic N) is 1. The highest BCUT2D eigenvalue weighted by Crippen LogP contribution is 2.27. The van der Waals surface area contributed by atoms with Crippen molar-refractivity contribution in [1.29, 1.82) is 0 Å². The number of likely N-dealkylation sites (tertiary alicyclic amines) is 1. The molecule has 4 heteroatoms. The third-order valence-electron chi connectivity index (χ3n) is 6.56. The minimum atomic E-state index is -0.988. The van der Waals surface area contributed by atoms with Crippen molar-refractivity contribution >= 4 is 11.8 Å². The van der Waals surface area contributed by atoms with Crippen molar-refractivity contribution in [3.63, 3.8) is 0 Å². The van der Waals surface area contributed by atoms with E-state index in [1.54, 1.807) is 13.8 Å². The second-order valence-electron chi connectivity index (χ2n) is 9.21. The SMILES string of the molecule is CC(C)(C(=O)NC1CCCCCC1)C(=O)N1CCC(Cc2ccccc2)CC1. The molecule has 1 saturated carbocycles. The van der Waals surface area contributed by atoms with Crippen LogP contribution in [0.4, 0.5) is 0 Å². The summed E-state index contributed by atoms with van der Waals surface area (Å²) in [6, 6.07) is 10.8. The Bertz CT molecular complexity index is 640. The first-order valence-electron chi connectivity index (χ1n) is 11.1. The van der Waals surface area contributed by atoms with Gasteiger partial charge >= 0.3 is 0 Å². The molecule has 0 aromatic heterocycles. The van der Waals surface area contributed by atoms with Crippen LogP contribution in [0.2, 0.25) is 0 Å². The lowest BCUT2D eigenvalue weighted by molar-refractivity contribution is -0.149. The summed E-state index contributed by atoms with van der Waals surface area (Å²) < 4.78 is 0. The zero-order chi connectivity index (χ0) is 20.0. The lowest BCUT2D eigenvalue weighted by Gasteiger charge is -2.37. The molecule has 0 bridgehead atoms. The summed E-state index contributed by atoms with van der Waals surface area (Å²) in [5.41, 5.74) is 0.383. The molecule has 2 amide bonds. The molecule has 1 aromatic rings. The quantitative estimate of drug-likeness (QED) is 0.607. The van der Waals surface area contributed by atoms with Crippen molar-refractivity contribution in [2.75, 3.05) is 13.1 Å². The summed E-state index contributed by atoms with van der Waals surface area (Å²) in [5, 5.41) is 3.17. The highest BCUT2D eigenvalue weighted by atomic mass is 16.2. The van der Waals surface area contributed by atoms with Crippen molar-refractivity contribution < 1.29 is 9.59 Å². The number of rotatable bonds is 5. The van der Waals surface area contributed by atoms with Gasteiger partial charge in [0.25, 0.3) is 0 Å². The normalized spacial score (nSPS) is 19.9. The van der Waals surface area contributed by atoms with Crippen LogP contribution in [-0.2, 0) is 16.0 Å². The highest BCUT2D eigenvalue weighted by Gasteiger charge is 2.40. The average Bonchev–Trinajstić information content (AvgIpc) is 2.97. The monoisotopic (exact) mass is 384 g/mol. The maximum Gasteiger partial charge on any atom is 0.237 e. The smallest absolute Gasteiger partial charge is 0.237 e. The van der Waals surface area contributed by atoms with E-state index >= 15 is 0 Å². The summed E-state index contributed by atoms with van der Waals surface area (Å²) in [4.78, 5) is 27.9. The molecule has 2 fully saturated rings. The van der Waals surface area contributed by atoms with Crippen LogP contribution in [0.25, 0.3) is 0 Å². The van der Waals surface area contributed by atoms with Crippen LogP contribution in [0.15, 0.2) is 30.3 Å². The molecular formula is C24H36N2O2. The Morgan fingerprint density at radius 1 is 0.964 bits per heavy atom. The predicted octanol–water partition coefficient (Wildman–Crippen LogP) is 4.33. The second kappa shape index (κ2) is 9.58. The summed E-state index contributed by atoms with van der Waals surface area (Å²) in [6.45, 7) is 5.10. The molecule has 0 atom stereocenters. The molecular weight excluding hydrogens is 348 g/mol. The molecule has 154 valence electrons. The minimum absolute atomic E-state index is 0.0169. The first-order chi connectivity index (χ1) is 13.5. The third-order valence-corrected chi connectivity index (χ3v) is 6.56. The van der Waals surface area contributed by atoms with E-state index in [0.29, 0.717) is 5.92 Å². The van der Waals surface area contributed by atoms with Crippen LogP contribution in [0, 0.1) is 11.3 Å². The Hall–Kier alpha value is -1.84. The Balaban J connectivity index is 1.50. The third kappa shape index (κ3) is 5.36. The lowest BCUT2D eigenvalue weighted by Crippen LogP contribution is -2.53. The Morgan fingerprint density at radius 2 is 1.57 bits per heavy atom. The van der Waals surface area contributed by atoms with E-state index in [2.05, 4.69) is 29.6 Å². The van der Waals surface area contributed by atoms with Gasteiger partial charge in [0.15, 0.2) is 0 Å². The van der Waals surface area contributed by atoms with Gasteiger partial charge in [0.05, 0.1) is 0 Å². The van der Waals surface area contributed by atoms with Gasteiger partial charge in [0, 0.05) is 19.1 Å². The highest BCUT2D eigenvalue weighted by molar-refractivity contribution is 6.04. The molecule has 4 nitrogen and oxygen atoms in total. The molecule has 1 N–H and O–H groups in total. The van der Waals surface area contributed by atoms with Gasteiger partial charge < -0.3 is 10.2 Å². The van der Waals surface area contributed by atoms with Crippen LogP contribution in [0.5, 0.6) is 0 Å². The van der Waals surface area contributed by atoms with Crippen LogP contribution in [-0.4, -0.2) is 35.8 Å². The number of nitrogens with one attached hydrogen (secondary N) is 1.